The summed E-state index contributed by atoms with van der Waals surface area (Å²) in [6.07, 6.45) is 2.53. The summed E-state index contributed by atoms with van der Waals surface area (Å²) < 4.78 is 0. The second-order valence-electron chi connectivity index (χ2n) is 4.15. The molecular weight excluding hydrogens is 264 g/mol. The number of amides is 1. The summed E-state index contributed by atoms with van der Waals surface area (Å²) in [4.78, 5) is 10.8. The molecule has 0 fully saturated rings. The Morgan fingerprint density at radius 2 is 1.81 bits per heavy atom. The Kier molecular flexibility index (Phi) is 5.16. The largest absolute Gasteiger partial charge is 0.355 e. The van der Waals surface area contributed by atoms with Gasteiger partial charge in [-0.25, -0.2) is 5.48 Å². The minimum absolute atomic E-state index is 0.608. The van der Waals surface area contributed by atoms with Crippen LogP contribution < -0.4 is 10.8 Å². The first kappa shape index (κ1) is 14.4. The summed E-state index contributed by atoms with van der Waals surface area (Å²) in [5, 5.41) is 11.6. The highest BCUT2D eigenvalue weighted by Crippen LogP contribution is 2.16. The molecule has 104 valence electrons. The normalized spacial score (nSPS) is 9.76. The van der Waals surface area contributed by atoms with Crippen molar-refractivity contribution in [1.82, 2.24) is 5.48 Å². The number of allylic oxidation sites excluding steroid dienone is 1. The maximum atomic E-state index is 10.8. The fraction of sp³-hybridized carbons (Fsp3) is 0. The van der Waals surface area contributed by atoms with E-state index in [-0.39, 0.29) is 0 Å². The minimum atomic E-state index is -0.608. The van der Waals surface area contributed by atoms with Crippen molar-refractivity contribution in [2.75, 3.05) is 5.32 Å². The molecular formula is C17H14N2O2. The van der Waals surface area contributed by atoms with Gasteiger partial charge in [0.25, 0.3) is 5.91 Å². The van der Waals surface area contributed by atoms with Crippen molar-refractivity contribution < 1.29 is 10.0 Å². The van der Waals surface area contributed by atoms with Crippen LogP contribution in [0.4, 0.5) is 11.4 Å². The summed E-state index contributed by atoms with van der Waals surface area (Å²) in [6.45, 7) is 0. The van der Waals surface area contributed by atoms with Crippen LogP contribution in [0.15, 0.2) is 66.7 Å². The number of hydroxylamine groups is 1. The summed E-state index contributed by atoms with van der Waals surface area (Å²) in [6, 6.07) is 17.5. The molecule has 4 nitrogen and oxygen atoms in total. The Morgan fingerprint density at radius 3 is 2.57 bits per heavy atom. The highest BCUT2D eigenvalue weighted by molar-refractivity contribution is 5.86. The van der Waals surface area contributed by atoms with Crippen LogP contribution in [-0.2, 0) is 4.79 Å². The fourth-order valence-corrected chi connectivity index (χ4v) is 1.64. The molecule has 0 spiro atoms. The van der Waals surface area contributed by atoms with E-state index in [2.05, 4.69) is 17.2 Å². The first-order chi connectivity index (χ1) is 10.3. The molecule has 0 radical (unpaired) electrons. The highest BCUT2D eigenvalue weighted by atomic mass is 16.5. The van der Waals surface area contributed by atoms with Crippen LogP contribution in [0.5, 0.6) is 0 Å². The minimum Gasteiger partial charge on any atom is -0.355 e. The van der Waals surface area contributed by atoms with E-state index in [4.69, 9.17) is 5.21 Å². The number of hydrogen-bond donors (Lipinski definition) is 3. The quantitative estimate of drug-likeness (QED) is 0.350. The number of carbonyl (C=O) groups is 1. The Balaban J connectivity index is 2.06. The fourth-order valence-electron chi connectivity index (χ4n) is 1.64. The molecule has 0 atom stereocenters. The van der Waals surface area contributed by atoms with Gasteiger partial charge < -0.3 is 5.32 Å². The third-order valence-corrected chi connectivity index (χ3v) is 2.57. The molecule has 0 bridgehead atoms. The zero-order valence-corrected chi connectivity index (χ0v) is 11.2. The third-order valence-electron chi connectivity index (χ3n) is 2.57. The van der Waals surface area contributed by atoms with E-state index in [9.17, 15) is 4.79 Å². The first-order valence-corrected chi connectivity index (χ1v) is 6.32. The van der Waals surface area contributed by atoms with E-state index < -0.39 is 5.91 Å². The lowest BCUT2D eigenvalue weighted by molar-refractivity contribution is -0.124. The summed E-state index contributed by atoms with van der Waals surface area (Å²) in [5.41, 5.74) is 4.26. The maximum Gasteiger partial charge on any atom is 0.267 e. The summed E-state index contributed by atoms with van der Waals surface area (Å²) in [7, 11) is 0. The standard InChI is InChI=1S/C17H14N2O2/c20-17(19-21)12-5-4-7-14-8-6-11-16(13-14)18-15-9-2-1-3-10-15/h1-3,5-6,8-13,18,21H,(H,19,20)/b12-5+. The molecule has 0 aliphatic rings. The van der Waals surface area contributed by atoms with Crippen molar-refractivity contribution in [2.24, 2.45) is 0 Å². The number of benzene rings is 2. The molecule has 2 rings (SSSR count). The zero-order chi connectivity index (χ0) is 14.9. The molecule has 1 amide bonds. The van der Waals surface area contributed by atoms with Gasteiger partial charge in [0.05, 0.1) is 0 Å². The SMILES string of the molecule is O=C(/C=C/C#Cc1cccc(Nc2ccccc2)c1)NO. The Hall–Kier alpha value is -3.03. The van der Waals surface area contributed by atoms with Crippen LogP contribution in [0, 0.1) is 11.8 Å². The maximum absolute atomic E-state index is 10.8. The van der Waals surface area contributed by atoms with Crippen LogP contribution >= 0.6 is 0 Å². The van der Waals surface area contributed by atoms with Gasteiger partial charge in [-0.3, -0.25) is 10.0 Å². The average molecular weight is 278 g/mol. The lowest BCUT2D eigenvalue weighted by Gasteiger charge is -2.06. The van der Waals surface area contributed by atoms with Gasteiger partial charge in [0.15, 0.2) is 0 Å². The van der Waals surface area contributed by atoms with E-state index >= 15 is 0 Å². The van der Waals surface area contributed by atoms with Crippen molar-refractivity contribution in [1.29, 1.82) is 0 Å². The third kappa shape index (κ3) is 4.86. The average Bonchev–Trinajstić information content (AvgIpc) is 2.52. The smallest absolute Gasteiger partial charge is 0.267 e. The molecule has 0 aliphatic heterocycles. The van der Waals surface area contributed by atoms with Gasteiger partial charge in [0.2, 0.25) is 0 Å². The molecule has 0 unspecified atom stereocenters. The van der Waals surface area contributed by atoms with Crippen LogP contribution in [-0.4, -0.2) is 11.1 Å². The molecule has 0 heterocycles. The molecule has 2 aromatic rings. The van der Waals surface area contributed by atoms with E-state index in [1.54, 1.807) is 0 Å². The Labute approximate surface area is 123 Å². The number of nitrogens with one attached hydrogen (secondary N) is 2. The molecule has 0 aliphatic carbocycles. The van der Waals surface area contributed by atoms with Crippen molar-refractivity contribution in [3.05, 3.63) is 72.3 Å². The molecule has 4 heteroatoms. The number of hydrogen-bond acceptors (Lipinski definition) is 3. The van der Waals surface area contributed by atoms with Gasteiger partial charge >= 0.3 is 0 Å². The van der Waals surface area contributed by atoms with Gasteiger partial charge in [0, 0.05) is 23.0 Å². The molecule has 0 aromatic heterocycles. The second-order valence-corrected chi connectivity index (χ2v) is 4.15. The van der Waals surface area contributed by atoms with Crippen LogP contribution in [0.1, 0.15) is 5.56 Å². The van der Waals surface area contributed by atoms with E-state index in [1.807, 2.05) is 54.6 Å². The molecule has 2 aromatic carbocycles. The Bertz CT molecular complexity index is 697. The predicted molar refractivity (Wildman–Crippen MR) is 82.1 cm³/mol. The lowest BCUT2D eigenvalue weighted by Crippen LogP contribution is -2.14. The van der Waals surface area contributed by atoms with Gasteiger partial charge in [0.1, 0.15) is 0 Å². The molecule has 21 heavy (non-hydrogen) atoms. The number of para-hydroxylation sites is 1. The zero-order valence-electron chi connectivity index (χ0n) is 11.2. The van der Waals surface area contributed by atoms with Crippen molar-refractivity contribution in [3.8, 4) is 11.8 Å². The first-order valence-electron chi connectivity index (χ1n) is 6.32. The Morgan fingerprint density at radius 1 is 1.05 bits per heavy atom. The molecule has 0 saturated carbocycles. The topological polar surface area (TPSA) is 61.4 Å². The second kappa shape index (κ2) is 7.53. The van der Waals surface area contributed by atoms with E-state index in [0.717, 1.165) is 23.0 Å². The monoisotopic (exact) mass is 278 g/mol. The molecule has 3 N–H and O–H groups in total. The van der Waals surface area contributed by atoms with Gasteiger partial charge in [-0.1, -0.05) is 36.1 Å². The lowest BCUT2D eigenvalue weighted by atomic mass is 10.2. The number of carbonyl (C=O) groups excluding carboxylic acids is 1. The van der Waals surface area contributed by atoms with E-state index in [1.165, 1.54) is 11.6 Å². The van der Waals surface area contributed by atoms with Crippen LogP contribution in [0.2, 0.25) is 0 Å². The number of anilines is 2. The summed E-state index contributed by atoms with van der Waals surface area (Å²) in [5.74, 6) is 5.03. The van der Waals surface area contributed by atoms with Crippen molar-refractivity contribution >= 4 is 17.3 Å². The van der Waals surface area contributed by atoms with E-state index in [0.29, 0.717) is 0 Å². The van der Waals surface area contributed by atoms with Crippen LogP contribution in [0.3, 0.4) is 0 Å². The highest BCUT2D eigenvalue weighted by Gasteiger charge is 1.94. The summed E-state index contributed by atoms with van der Waals surface area (Å²) >= 11 is 0. The van der Waals surface area contributed by atoms with Crippen LogP contribution in [0.25, 0.3) is 0 Å². The predicted octanol–water partition coefficient (Wildman–Crippen LogP) is 2.84. The molecule has 0 saturated heterocycles. The van der Waals surface area contributed by atoms with Gasteiger partial charge in [-0.05, 0) is 36.4 Å². The van der Waals surface area contributed by atoms with Crippen molar-refractivity contribution in [2.45, 2.75) is 0 Å². The van der Waals surface area contributed by atoms with Gasteiger partial charge in [-0.2, -0.15) is 0 Å². The number of rotatable bonds is 3. The van der Waals surface area contributed by atoms with Gasteiger partial charge in [-0.15, -0.1) is 0 Å². The van der Waals surface area contributed by atoms with Crippen molar-refractivity contribution in [3.63, 3.8) is 0 Å².